The lowest BCUT2D eigenvalue weighted by Gasteiger charge is -2.18. The maximum Gasteiger partial charge on any atom is 0.261 e. The van der Waals surface area contributed by atoms with Gasteiger partial charge in [-0.25, -0.2) is 8.42 Å². The standard InChI is InChI=1S/C23H24N2O4S/c1-18-11-13-20(14-12-18)24-30(27,28)22-10-6-7-19(17-22)23(26)25(2)15-16-29-21-8-4-3-5-9-21/h3-14,17,24H,15-16H2,1-2H3. The average Bonchev–Trinajstić information content (AvgIpc) is 2.75. The van der Waals surface area contributed by atoms with Crippen molar-refractivity contribution in [2.24, 2.45) is 0 Å². The van der Waals surface area contributed by atoms with Gasteiger partial charge >= 0.3 is 0 Å². The number of hydrogen-bond donors (Lipinski definition) is 1. The number of benzene rings is 3. The van der Waals surface area contributed by atoms with Crippen molar-refractivity contribution in [3.63, 3.8) is 0 Å². The highest BCUT2D eigenvalue weighted by atomic mass is 32.2. The van der Waals surface area contributed by atoms with Gasteiger partial charge in [0.2, 0.25) is 0 Å². The van der Waals surface area contributed by atoms with Gasteiger partial charge in [0.05, 0.1) is 11.4 Å². The zero-order valence-corrected chi connectivity index (χ0v) is 17.7. The number of sulfonamides is 1. The van der Waals surface area contributed by atoms with Crippen molar-refractivity contribution in [2.75, 3.05) is 24.9 Å². The fraction of sp³-hybridized carbons (Fsp3) is 0.174. The second-order valence-electron chi connectivity index (χ2n) is 6.89. The lowest BCUT2D eigenvalue weighted by atomic mass is 10.2. The number of anilines is 1. The Kier molecular flexibility index (Phi) is 6.74. The Morgan fingerprint density at radius 1 is 0.967 bits per heavy atom. The van der Waals surface area contributed by atoms with Gasteiger partial charge < -0.3 is 9.64 Å². The van der Waals surface area contributed by atoms with Crippen molar-refractivity contribution in [3.8, 4) is 5.75 Å². The minimum Gasteiger partial charge on any atom is -0.492 e. The summed E-state index contributed by atoms with van der Waals surface area (Å²) in [5, 5.41) is 0. The molecule has 1 N–H and O–H groups in total. The number of aryl methyl sites for hydroxylation is 1. The minimum atomic E-state index is -3.81. The number of carbonyl (C=O) groups is 1. The number of likely N-dealkylation sites (N-methyl/N-ethyl adjacent to an activating group) is 1. The van der Waals surface area contributed by atoms with Crippen LogP contribution in [-0.4, -0.2) is 39.4 Å². The largest absolute Gasteiger partial charge is 0.492 e. The number of ether oxygens (including phenoxy) is 1. The van der Waals surface area contributed by atoms with Crippen molar-refractivity contribution >= 4 is 21.6 Å². The molecule has 0 saturated heterocycles. The molecule has 0 unspecified atom stereocenters. The van der Waals surface area contributed by atoms with Crippen LogP contribution in [0.1, 0.15) is 15.9 Å². The topological polar surface area (TPSA) is 75.7 Å². The van der Waals surface area contributed by atoms with Gasteiger partial charge in [0.1, 0.15) is 12.4 Å². The van der Waals surface area contributed by atoms with Crippen LogP contribution >= 0.6 is 0 Å². The average molecular weight is 425 g/mol. The van der Waals surface area contributed by atoms with Gasteiger partial charge in [0, 0.05) is 18.3 Å². The number of para-hydroxylation sites is 1. The van der Waals surface area contributed by atoms with Gasteiger partial charge in [0.15, 0.2) is 0 Å². The molecular formula is C23H24N2O4S. The number of hydrogen-bond acceptors (Lipinski definition) is 4. The first-order chi connectivity index (χ1) is 14.3. The first-order valence-corrected chi connectivity index (χ1v) is 11.0. The van der Waals surface area contributed by atoms with Crippen LogP contribution in [0.4, 0.5) is 5.69 Å². The van der Waals surface area contributed by atoms with E-state index in [1.54, 1.807) is 31.3 Å². The summed E-state index contributed by atoms with van der Waals surface area (Å²) in [6, 6.07) is 22.4. The Hall–Kier alpha value is -3.32. The van der Waals surface area contributed by atoms with E-state index in [9.17, 15) is 13.2 Å². The van der Waals surface area contributed by atoms with Crippen molar-refractivity contribution in [1.29, 1.82) is 0 Å². The van der Waals surface area contributed by atoms with Gasteiger partial charge in [-0.05, 0) is 49.4 Å². The number of nitrogens with zero attached hydrogens (tertiary/aromatic N) is 1. The molecule has 0 aliphatic carbocycles. The van der Waals surface area contributed by atoms with Crippen LogP contribution in [0, 0.1) is 6.92 Å². The van der Waals surface area contributed by atoms with Gasteiger partial charge in [-0.1, -0.05) is 42.0 Å². The Labute approximate surface area is 177 Å². The van der Waals surface area contributed by atoms with Crippen LogP contribution in [0.2, 0.25) is 0 Å². The molecule has 7 heteroatoms. The second kappa shape index (κ2) is 9.45. The fourth-order valence-electron chi connectivity index (χ4n) is 2.77. The SMILES string of the molecule is Cc1ccc(NS(=O)(=O)c2cccc(C(=O)N(C)CCOc3ccccc3)c2)cc1. The quantitative estimate of drug-likeness (QED) is 0.594. The molecule has 0 aliphatic heterocycles. The summed E-state index contributed by atoms with van der Waals surface area (Å²) >= 11 is 0. The minimum absolute atomic E-state index is 0.0304. The van der Waals surface area contributed by atoms with Gasteiger partial charge in [0.25, 0.3) is 15.9 Å². The van der Waals surface area contributed by atoms with Gasteiger partial charge in [-0.2, -0.15) is 0 Å². The zero-order valence-electron chi connectivity index (χ0n) is 16.9. The first kappa shape index (κ1) is 21.4. The summed E-state index contributed by atoms with van der Waals surface area (Å²) in [5.41, 5.74) is 1.79. The summed E-state index contributed by atoms with van der Waals surface area (Å²) in [6.45, 7) is 2.63. The van der Waals surface area contributed by atoms with E-state index in [1.165, 1.54) is 17.0 Å². The normalized spacial score (nSPS) is 11.0. The molecule has 3 rings (SSSR count). The molecule has 0 saturated carbocycles. The molecule has 0 atom stereocenters. The Bertz CT molecular complexity index is 1100. The van der Waals surface area contributed by atoms with E-state index in [2.05, 4.69) is 4.72 Å². The van der Waals surface area contributed by atoms with Crippen LogP contribution in [-0.2, 0) is 10.0 Å². The van der Waals surface area contributed by atoms with E-state index in [-0.39, 0.29) is 10.8 Å². The molecule has 0 heterocycles. The van der Waals surface area contributed by atoms with E-state index in [0.717, 1.165) is 11.3 Å². The summed E-state index contributed by atoms with van der Waals surface area (Å²) in [4.78, 5) is 14.2. The molecule has 1 amide bonds. The van der Waals surface area contributed by atoms with Crippen LogP contribution in [0.3, 0.4) is 0 Å². The molecule has 3 aromatic carbocycles. The third kappa shape index (κ3) is 5.61. The third-order valence-corrected chi connectivity index (χ3v) is 5.86. The molecule has 0 spiro atoms. The lowest BCUT2D eigenvalue weighted by Crippen LogP contribution is -2.31. The Balaban J connectivity index is 1.65. The maximum absolute atomic E-state index is 12.7. The predicted molar refractivity (Wildman–Crippen MR) is 117 cm³/mol. The van der Waals surface area contributed by atoms with Crippen LogP contribution in [0.15, 0.2) is 83.8 Å². The molecule has 0 aromatic heterocycles. The molecule has 30 heavy (non-hydrogen) atoms. The highest BCUT2D eigenvalue weighted by molar-refractivity contribution is 7.92. The lowest BCUT2D eigenvalue weighted by molar-refractivity contribution is 0.0773. The zero-order chi connectivity index (χ0) is 21.6. The van der Waals surface area contributed by atoms with Crippen molar-refractivity contribution in [2.45, 2.75) is 11.8 Å². The van der Waals surface area contributed by atoms with Crippen molar-refractivity contribution in [1.82, 2.24) is 4.90 Å². The summed E-state index contributed by atoms with van der Waals surface area (Å²) in [7, 11) is -2.15. The molecular weight excluding hydrogens is 400 g/mol. The smallest absolute Gasteiger partial charge is 0.261 e. The number of amides is 1. The monoisotopic (exact) mass is 424 g/mol. The Morgan fingerprint density at radius 2 is 1.67 bits per heavy atom. The summed E-state index contributed by atoms with van der Waals surface area (Å²) in [6.07, 6.45) is 0. The molecule has 156 valence electrons. The van der Waals surface area contributed by atoms with Crippen molar-refractivity contribution < 1.29 is 17.9 Å². The summed E-state index contributed by atoms with van der Waals surface area (Å²) in [5.74, 6) is 0.452. The van der Waals surface area contributed by atoms with E-state index in [0.29, 0.717) is 24.4 Å². The number of nitrogens with one attached hydrogen (secondary N) is 1. The third-order valence-electron chi connectivity index (χ3n) is 4.48. The first-order valence-electron chi connectivity index (χ1n) is 9.48. The van der Waals surface area contributed by atoms with Gasteiger partial charge in [-0.15, -0.1) is 0 Å². The van der Waals surface area contributed by atoms with E-state index < -0.39 is 10.0 Å². The van der Waals surface area contributed by atoms with E-state index in [1.807, 2.05) is 49.4 Å². The second-order valence-corrected chi connectivity index (χ2v) is 8.57. The van der Waals surface area contributed by atoms with E-state index >= 15 is 0 Å². The molecule has 0 radical (unpaired) electrons. The number of rotatable bonds is 8. The predicted octanol–water partition coefficient (Wildman–Crippen LogP) is 3.95. The highest BCUT2D eigenvalue weighted by Crippen LogP contribution is 2.18. The number of carbonyl (C=O) groups excluding carboxylic acids is 1. The molecule has 6 nitrogen and oxygen atoms in total. The fourth-order valence-corrected chi connectivity index (χ4v) is 3.88. The van der Waals surface area contributed by atoms with Crippen LogP contribution < -0.4 is 9.46 Å². The van der Waals surface area contributed by atoms with E-state index in [4.69, 9.17) is 4.74 Å². The van der Waals surface area contributed by atoms with Gasteiger partial charge in [-0.3, -0.25) is 9.52 Å². The Morgan fingerprint density at radius 3 is 2.37 bits per heavy atom. The molecule has 0 bridgehead atoms. The van der Waals surface area contributed by atoms with Crippen LogP contribution in [0.25, 0.3) is 0 Å². The maximum atomic E-state index is 12.7. The molecule has 0 aliphatic rings. The molecule has 0 fully saturated rings. The highest BCUT2D eigenvalue weighted by Gasteiger charge is 2.18. The van der Waals surface area contributed by atoms with Crippen LogP contribution in [0.5, 0.6) is 5.75 Å². The summed E-state index contributed by atoms with van der Waals surface area (Å²) < 4.78 is 33.6. The van der Waals surface area contributed by atoms with Crippen molar-refractivity contribution in [3.05, 3.63) is 90.0 Å². The molecule has 3 aromatic rings.